The first-order valence-electron chi connectivity index (χ1n) is 5.52. The highest BCUT2D eigenvalue weighted by Gasteiger charge is 2.19. The van der Waals surface area contributed by atoms with Crippen molar-refractivity contribution in [3.05, 3.63) is 35.4 Å². The van der Waals surface area contributed by atoms with E-state index in [4.69, 9.17) is 9.84 Å². The molecule has 1 atom stereocenters. The van der Waals surface area contributed by atoms with E-state index in [1.165, 1.54) is 0 Å². The van der Waals surface area contributed by atoms with Crippen LogP contribution in [0.25, 0.3) is 0 Å². The van der Waals surface area contributed by atoms with Crippen molar-refractivity contribution in [2.75, 3.05) is 13.2 Å². The van der Waals surface area contributed by atoms with E-state index in [2.05, 4.69) is 0 Å². The third kappa shape index (κ3) is 3.66. The molecule has 0 aliphatic rings. The van der Waals surface area contributed by atoms with Crippen LogP contribution in [-0.4, -0.2) is 24.3 Å². The van der Waals surface area contributed by atoms with Gasteiger partial charge in [0.2, 0.25) is 0 Å². The SMILES string of the molecule is CCOCCC(C(=O)O)c1cccc(C)c1. The average Bonchev–Trinajstić information content (AvgIpc) is 2.24. The second kappa shape index (κ2) is 6.28. The van der Waals surface area contributed by atoms with Gasteiger partial charge >= 0.3 is 5.97 Å². The maximum atomic E-state index is 11.1. The van der Waals surface area contributed by atoms with Crippen molar-refractivity contribution in [1.29, 1.82) is 0 Å². The lowest BCUT2D eigenvalue weighted by atomic mass is 9.95. The topological polar surface area (TPSA) is 46.5 Å². The van der Waals surface area contributed by atoms with Gasteiger partial charge in [-0.15, -0.1) is 0 Å². The molecule has 0 bridgehead atoms. The van der Waals surface area contributed by atoms with Crippen molar-refractivity contribution < 1.29 is 14.6 Å². The Morgan fingerprint density at radius 1 is 1.50 bits per heavy atom. The first kappa shape index (κ1) is 12.7. The van der Waals surface area contributed by atoms with Gasteiger partial charge < -0.3 is 9.84 Å². The lowest BCUT2D eigenvalue weighted by Crippen LogP contribution is -2.14. The minimum Gasteiger partial charge on any atom is -0.481 e. The monoisotopic (exact) mass is 222 g/mol. The summed E-state index contributed by atoms with van der Waals surface area (Å²) in [5, 5.41) is 9.16. The molecular formula is C13H18O3. The average molecular weight is 222 g/mol. The number of aliphatic carboxylic acids is 1. The molecule has 0 saturated carbocycles. The minimum atomic E-state index is -0.787. The zero-order valence-electron chi connectivity index (χ0n) is 9.77. The number of ether oxygens (including phenoxy) is 1. The van der Waals surface area contributed by atoms with E-state index in [1.807, 2.05) is 38.1 Å². The normalized spacial score (nSPS) is 12.4. The third-order valence-electron chi connectivity index (χ3n) is 2.50. The summed E-state index contributed by atoms with van der Waals surface area (Å²) in [4.78, 5) is 11.1. The van der Waals surface area contributed by atoms with Crippen molar-refractivity contribution >= 4 is 5.97 Å². The van der Waals surface area contributed by atoms with Crippen LogP contribution in [0.1, 0.15) is 30.4 Å². The van der Waals surface area contributed by atoms with Crippen molar-refractivity contribution in [3.8, 4) is 0 Å². The van der Waals surface area contributed by atoms with E-state index in [-0.39, 0.29) is 0 Å². The molecule has 0 aliphatic carbocycles. The maximum absolute atomic E-state index is 11.1. The van der Waals surface area contributed by atoms with Gasteiger partial charge in [0.15, 0.2) is 0 Å². The fourth-order valence-corrected chi connectivity index (χ4v) is 1.67. The minimum absolute atomic E-state index is 0.466. The van der Waals surface area contributed by atoms with E-state index < -0.39 is 11.9 Å². The van der Waals surface area contributed by atoms with Crippen LogP contribution < -0.4 is 0 Å². The Labute approximate surface area is 96.1 Å². The Morgan fingerprint density at radius 3 is 2.81 bits per heavy atom. The molecule has 0 amide bonds. The number of carbonyl (C=O) groups is 1. The molecule has 0 radical (unpaired) electrons. The van der Waals surface area contributed by atoms with E-state index in [1.54, 1.807) is 0 Å². The highest BCUT2D eigenvalue weighted by atomic mass is 16.5. The molecule has 0 fully saturated rings. The van der Waals surface area contributed by atoms with Crippen molar-refractivity contribution in [2.45, 2.75) is 26.2 Å². The zero-order valence-corrected chi connectivity index (χ0v) is 9.77. The standard InChI is InChI=1S/C13H18O3/c1-3-16-8-7-12(13(14)15)11-6-4-5-10(2)9-11/h4-6,9,12H,3,7-8H2,1-2H3,(H,14,15). The van der Waals surface area contributed by atoms with Gasteiger partial charge in [-0.25, -0.2) is 0 Å². The van der Waals surface area contributed by atoms with E-state index in [0.717, 1.165) is 11.1 Å². The van der Waals surface area contributed by atoms with Gasteiger partial charge in [-0.05, 0) is 25.8 Å². The summed E-state index contributed by atoms with van der Waals surface area (Å²) in [6.07, 6.45) is 0.520. The Balaban J connectivity index is 2.73. The molecule has 1 aromatic rings. The molecule has 0 aliphatic heterocycles. The van der Waals surface area contributed by atoms with Crippen LogP contribution in [0.4, 0.5) is 0 Å². The van der Waals surface area contributed by atoms with Gasteiger partial charge in [-0.2, -0.15) is 0 Å². The van der Waals surface area contributed by atoms with Crippen LogP contribution in [0.5, 0.6) is 0 Å². The number of hydrogen-bond donors (Lipinski definition) is 1. The molecule has 3 heteroatoms. The number of hydrogen-bond acceptors (Lipinski definition) is 2. The first-order valence-corrected chi connectivity index (χ1v) is 5.52. The van der Waals surface area contributed by atoms with Crippen LogP contribution >= 0.6 is 0 Å². The molecule has 0 spiro atoms. The summed E-state index contributed by atoms with van der Waals surface area (Å²) in [7, 11) is 0. The van der Waals surface area contributed by atoms with Crippen LogP contribution in [-0.2, 0) is 9.53 Å². The van der Waals surface area contributed by atoms with Gasteiger partial charge in [-0.3, -0.25) is 4.79 Å². The smallest absolute Gasteiger partial charge is 0.311 e. The molecule has 0 aromatic heterocycles. The third-order valence-corrected chi connectivity index (χ3v) is 2.50. The summed E-state index contributed by atoms with van der Waals surface area (Å²) in [5.41, 5.74) is 1.94. The molecule has 88 valence electrons. The van der Waals surface area contributed by atoms with Crippen LogP contribution in [0, 0.1) is 6.92 Å². The van der Waals surface area contributed by atoms with Gasteiger partial charge in [0.05, 0.1) is 5.92 Å². The fraction of sp³-hybridized carbons (Fsp3) is 0.462. The summed E-state index contributed by atoms with van der Waals surface area (Å²) < 4.78 is 5.20. The number of benzene rings is 1. The molecular weight excluding hydrogens is 204 g/mol. The fourth-order valence-electron chi connectivity index (χ4n) is 1.67. The lowest BCUT2D eigenvalue weighted by Gasteiger charge is -2.13. The van der Waals surface area contributed by atoms with Crippen molar-refractivity contribution in [1.82, 2.24) is 0 Å². The predicted molar refractivity (Wildman–Crippen MR) is 62.7 cm³/mol. The molecule has 16 heavy (non-hydrogen) atoms. The Kier molecular flexibility index (Phi) is 4.99. The van der Waals surface area contributed by atoms with Crippen LogP contribution in [0.15, 0.2) is 24.3 Å². The van der Waals surface area contributed by atoms with Crippen LogP contribution in [0.3, 0.4) is 0 Å². The quantitative estimate of drug-likeness (QED) is 0.752. The number of rotatable bonds is 6. The largest absolute Gasteiger partial charge is 0.481 e. The first-order chi connectivity index (χ1) is 7.65. The summed E-state index contributed by atoms with van der Waals surface area (Å²) in [5.74, 6) is -1.25. The lowest BCUT2D eigenvalue weighted by molar-refractivity contribution is -0.139. The molecule has 3 nitrogen and oxygen atoms in total. The van der Waals surface area contributed by atoms with Crippen molar-refractivity contribution in [2.24, 2.45) is 0 Å². The molecule has 1 rings (SSSR count). The Hall–Kier alpha value is -1.35. The Bertz CT molecular complexity index is 347. The number of aryl methyl sites for hydroxylation is 1. The highest BCUT2D eigenvalue weighted by Crippen LogP contribution is 2.21. The summed E-state index contributed by atoms with van der Waals surface area (Å²) in [6.45, 7) is 4.98. The molecule has 1 unspecified atom stereocenters. The molecule has 0 heterocycles. The van der Waals surface area contributed by atoms with Crippen LogP contribution in [0.2, 0.25) is 0 Å². The number of carboxylic acid groups (broad SMARTS) is 1. The zero-order chi connectivity index (χ0) is 12.0. The van der Waals surface area contributed by atoms with Gasteiger partial charge in [0.1, 0.15) is 0 Å². The summed E-state index contributed by atoms with van der Waals surface area (Å²) >= 11 is 0. The molecule has 1 N–H and O–H groups in total. The van der Waals surface area contributed by atoms with Gasteiger partial charge in [0, 0.05) is 13.2 Å². The maximum Gasteiger partial charge on any atom is 0.311 e. The Morgan fingerprint density at radius 2 is 2.25 bits per heavy atom. The van der Waals surface area contributed by atoms with E-state index in [0.29, 0.717) is 19.6 Å². The molecule has 0 saturated heterocycles. The van der Waals surface area contributed by atoms with E-state index >= 15 is 0 Å². The van der Waals surface area contributed by atoms with Gasteiger partial charge in [-0.1, -0.05) is 29.8 Å². The predicted octanol–water partition coefficient (Wildman–Crippen LogP) is 2.59. The second-order valence-corrected chi connectivity index (χ2v) is 3.79. The highest BCUT2D eigenvalue weighted by molar-refractivity contribution is 5.76. The van der Waals surface area contributed by atoms with E-state index in [9.17, 15) is 4.79 Å². The van der Waals surface area contributed by atoms with Gasteiger partial charge in [0.25, 0.3) is 0 Å². The summed E-state index contributed by atoms with van der Waals surface area (Å²) in [6, 6.07) is 7.63. The second-order valence-electron chi connectivity index (χ2n) is 3.79. The molecule has 1 aromatic carbocycles. The van der Waals surface area contributed by atoms with Crippen molar-refractivity contribution in [3.63, 3.8) is 0 Å². The number of carboxylic acids is 1.